The quantitative estimate of drug-likeness (QED) is 0.333. The lowest BCUT2D eigenvalue weighted by molar-refractivity contribution is -0.142. The van der Waals surface area contributed by atoms with Gasteiger partial charge in [0.1, 0.15) is 23.7 Å². The molecule has 0 amide bonds. The van der Waals surface area contributed by atoms with E-state index in [2.05, 4.69) is 6.92 Å². The SMILES string of the molecule is CCCCCc1cc(OC(C)=O)c2c(c1)OC(C)(C)c1cccc(COC(C)=O)c1-2. The topological polar surface area (TPSA) is 61.8 Å². The number of hydrogen-bond donors (Lipinski definition) is 0. The molecule has 30 heavy (non-hydrogen) atoms. The van der Waals surface area contributed by atoms with Gasteiger partial charge in [-0.1, -0.05) is 38.0 Å². The Morgan fingerprint density at radius 1 is 1.03 bits per heavy atom. The van der Waals surface area contributed by atoms with Gasteiger partial charge in [0.05, 0.1) is 5.56 Å². The third-order valence-electron chi connectivity index (χ3n) is 5.29. The minimum atomic E-state index is -0.579. The fourth-order valence-corrected chi connectivity index (χ4v) is 3.96. The van der Waals surface area contributed by atoms with Crippen LogP contribution in [-0.4, -0.2) is 11.9 Å². The highest BCUT2D eigenvalue weighted by molar-refractivity contribution is 5.86. The number of hydrogen-bond acceptors (Lipinski definition) is 5. The van der Waals surface area contributed by atoms with Crippen molar-refractivity contribution < 1.29 is 23.8 Å². The average Bonchev–Trinajstić information content (AvgIpc) is 2.65. The minimum absolute atomic E-state index is 0.145. The Bertz CT molecular complexity index is 958. The minimum Gasteiger partial charge on any atom is -0.482 e. The lowest BCUT2D eigenvalue weighted by Gasteiger charge is -2.36. The van der Waals surface area contributed by atoms with Crippen molar-refractivity contribution in [3.05, 3.63) is 47.0 Å². The van der Waals surface area contributed by atoms with Gasteiger partial charge >= 0.3 is 11.9 Å². The van der Waals surface area contributed by atoms with Crippen LogP contribution in [0.2, 0.25) is 0 Å². The molecule has 0 N–H and O–H groups in total. The molecule has 5 heteroatoms. The van der Waals surface area contributed by atoms with Gasteiger partial charge in [-0.3, -0.25) is 9.59 Å². The molecule has 0 aliphatic carbocycles. The van der Waals surface area contributed by atoms with Crippen LogP contribution in [0, 0.1) is 0 Å². The first kappa shape index (κ1) is 21.9. The van der Waals surface area contributed by atoms with E-state index in [9.17, 15) is 9.59 Å². The Labute approximate surface area is 178 Å². The molecule has 1 aliphatic rings. The zero-order chi connectivity index (χ0) is 21.9. The van der Waals surface area contributed by atoms with Gasteiger partial charge in [0.25, 0.3) is 0 Å². The first-order valence-corrected chi connectivity index (χ1v) is 10.5. The molecule has 1 heterocycles. The number of unbranched alkanes of at least 4 members (excludes halogenated alkanes) is 2. The van der Waals surface area contributed by atoms with E-state index in [1.165, 1.54) is 13.8 Å². The van der Waals surface area contributed by atoms with E-state index in [0.29, 0.717) is 11.5 Å². The number of carbonyl (C=O) groups is 2. The van der Waals surface area contributed by atoms with E-state index in [0.717, 1.165) is 53.5 Å². The number of ether oxygens (including phenoxy) is 3. The summed E-state index contributed by atoms with van der Waals surface area (Å²) in [6.45, 7) is 9.13. The maximum atomic E-state index is 11.9. The molecule has 160 valence electrons. The first-order chi connectivity index (χ1) is 14.2. The second kappa shape index (κ2) is 8.90. The van der Waals surface area contributed by atoms with Gasteiger partial charge in [-0.05, 0) is 49.9 Å². The predicted molar refractivity (Wildman–Crippen MR) is 116 cm³/mol. The van der Waals surface area contributed by atoms with Crippen LogP contribution >= 0.6 is 0 Å². The summed E-state index contributed by atoms with van der Waals surface area (Å²) in [5, 5.41) is 0. The summed E-state index contributed by atoms with van der Waals surface area (Å²) in [6, 6.07) is 9.84. The lowest BCUT2D eigenvalue weighted by Crippen LogP contribution is -2.30. The molecule has 0 saturated carbocycles. The summed E-state index contributed by atoms with van der Waals surface area (Å²) >= 11 is 0. The molecule has 0 spiro atoms. The fourth-order valence-electron chi connectivity index (χ4n) is 3.96. The predicted octanol–water partition coefficient (Wildman–Crippen LogP) is 5.70. The Kier molecular flexibility index (Phi) is 6.49. The molecule has 0 fully saturated rings. The molecule has 2 aromatic rings. The molecular weight excluding hydrogens is 380 g/mol. The van der Waals surface area contributed by atoms with Gasteiger partial charge in [-0.15, -0.1) is 0 Å². The van der Waals surface area contributed by atoms with Crippen LogP contribution in [-0.2, 0) is 33.0 Å². The molecule has 1 aliphatic heterocycles. The summed E-state index contributed by atoms with van der Waals surface area (Å²) < 4.78 is 17.3. The van der Waals surface area contributed by atoms with E-state index in [1.54, 1.807) is 0 Å². The average molecular weight is 411 g/mol. The van der Waals surface area contributed by atoms with Crippen molar-refractivity contribution in [3.8, 4) is 22.6 Å². The Morgan fingerprint density at radius 2 is 1.80 bits per heavy atom. The zero-order valence-electron chi connectivity index (χ0n) is 18.5. The highest BCUT2D eigenvalue weighted by atomic mass is 16.5. The van der Waals surface area contributed by atoms with Gasteiger partial charge in [0, 0.05) is 25.0 Å². The van der Waals surface area contributed by atoms with Crippen molar-refractivity contribution in [1.29, 1.82) is 0 Å². The van der Waals surface area contributed by atoms with Crippen molar-refractivity contribution in [2.45, 2.75) is 72.5 Å². The van der Waals surface area contributed by atoms with Gasteiger partial charge in [0.15, 0.2) is 0 Å². The van der Waals surface area contributed by atoms with Crippen LogP contribution < -0.4 is 9.47 Å². The third-order valence-corrected chi connectivity index (χ3v) is 5.29. The van der Waals surface area contributed by atoms with E-state index < -0.39 is 5.60 Å². The molecule has 0 aromatic heterocycles. The molecule has 0 atom stereocenters. The smallest absolute Gasteiger partial charge is 0.308 e. The number of carbonyl (C=O) groups excluding carboxylic acids is 2. The zero-order valence-corrected chi connectivity index (χ0v) is 18.5. The first-order valence-electron chi connectivity index (χ1n) is 10.5. The van der Waals surface area contributed by atoms with Crippen LogP contribution in [0.4, 0.5) is 0 Å². The van der Waals surface area contributed by atoms with Gasteiger partial charge in [0.2, 0.25) is 0 Å². The molecule has 5 nitrogen and oxygen atoms in total. The monoisotopic (exact) mass is 410 g/mol. The lowest BCUT2D eigenvalue weighted by atomic mass is 9.82. The normalized spacial score (nSPS) is 13.6. The van der Waals surface area contributed by atoms with Crippen molar-refractivity contribution >= 4 is 11.9 Å². The van der Waals surface area contributed by atoms with Crippen LogP contribution in [0.1, 0.15) is 70.6 Å². The number of rotatable bonds is 7. The van der Waals surface area contributed by atoms with Gasteiger partial charge < -0.3 is 14.2 Å². The van der Waals surface area contributed by atoms with Crippen molar-refractivity contribution in [3.63, 3.8) is 0 Å². The van der Waals surface area contributed by atoms with Crippen molar-refractivity contribution in [2.75, 3.05) is 0 Å². The summed E-state index contributed by atoms with van der Waals surface area (Å²) in [6.07, 6.45) is 4.23. The van der Waals surface area contributed by atoms with Crippen LogP contribution in [0.3, 0.4) is 0 Å². The summed E-state index contributed by atoms with van der Waals surface area (Å²) in [5.41, 5.74) is 3.96. The summed E-state index contributed by atoms with van der Waals surface area (Å²) in [4.78, 5) is 23.3. The summed E-state index contributed by atoms with van der Waals surface area (Å²) in [7, 11) is 0. The largest absolute Gasteiger partial charge is 0.482 e. The molecule has 3 rings (SSSR count). The highest BCUT2D eigenvalue weighted by Crippen LogP contribution is 2.51. The highest BCUT2D eigenvalue weighted by Gasteiger charge is 2.36. The van der Waals surface area contributed by atoms with E-state index >= 15 is 0 Å². The van der Waals surface area contributed by atoms with Crippen LogP contribution in [0.15, 0.2) is 30.3 Å². The molecule has 0 unspecified atom stereocenters. The maximum Gasteiger partial charge on any atom is 0.308 e. The molecule has 0 radical (unpaired) electrons. The van der Waals surface area contributed by atoms with Crippen LogP contribution in [0.5, 0.6) is 11.5 Å². The Balaban J connectivity index is 2.19. The molecule has 0 bridgehead atoms. The summed E-state index contributed by atoms with van der Waals surface area (Å²) in [5.74, 6) is 0.448. The van der Waals surface area contributed by atoms with E-state index in [4.69, 9.17) is 14.2 Å². The van der Waals surface area contributed by atoms with Gasteiger partial charge in [-0.25, -0.2) is 0 Å². The maximum absolute atomic E-state index is 11.9. The molecule has 0 saturated heterocycles. The fraction of sp³-hybridized carbons (Fsp3) is 0.440. The third kappa shape index (κ3) is 4.66. The van der Waals surface area contributed by atoms with E-state index in [1.807, 2.05) is 44.2 Å². The molecular formula is C25H30O5. The van der Waals surface area contributed by atoms with Gasteiger partial charge in [-0.2, -0.15) is 0 Å². The Hall–Kier alpha value is -2.82. The number of benzene rings is 2. The number of fused-ring (bicyclic) bond motifs is 3. The van der Waals surface area contributed by atoms with Crippen LogP contribution in [0.25, 0.3) is 11.1 Å². The van der Waals surface area contributed by atoms with Crippen molar-refractivity contribution in [2.24, 2.45) is 0 Å². The second-order valence-electron chi connectivity index (χ2n) is 8.25. The standard InChI is InChI=1S/C25H30O5/c1-6-7-8-10-18-13-21(29-17(3)27)24-22(14-18)30-25(4,5)20-12-9-11-19(23(20)24)15-28-16(2)26/h9,11-14H,6-8,10,15H2,1-5H3. The molecule has 2 aromatic carbocycles. The Morgan fingerprint density at radius 3 is 2.47 bits per heavy atom. The number of aryl methyl sites for hydroxylation is 1. The number of esters is 2. The van der Waals surface area contributed by atoms with E-state index in [-0.39, 0.29) is 18.5 Å². The van der Waals surface area contributed by atoms with Crippen molar-refractivity contribution in [1.82, 2.24) is 0 Å². The second-order valence-corrected chi connectivity index (χ2v) is 8.25.